The van der Waals surface area contributed by atoms with Crippen LogP contribution in [0.4, 0.5) is 0 Å². The van der Waals surface area contributed by atoms with Crippen LogP contribution in [0.2, 0.25) is 5.02 Å². The Morgan fingerprint density at radius 1 is 1.03 bits per heavy atom. The zero-order valence-corrected chi connectivity index (χ0v) is 17.9. The number of carboxylic acids is 1. The van der Waals surface area contributed by atoms with Crippen LogP contribution in [0.3, 0.4) is 0 Å². The number of halogens is 1. The van der Waals surface area contributed by atoms with Gasteiger partial charge in [-0.15, -0.1) is 0 Å². The van der Waals surface area contributed by atoms with E-state index in [1.54, 1.807) is 0 Å². The number of carboxylic acid groups (broad SMARTS) is 1. The molecule has 3 rings (SSSR count). The number of aromatic nitrogens is 1. The van der Waals surface area contributed by atoms with Gasteiger partial charge in [-0.05, 0) is 50.9 Å². The van der Waals surface area contributed by atoms with E-state index < -0.39 is 5.97 Å². The highest BCUT2D eigenvalue weighted by molar-refractivity contribution is 6.31. The van der Waals surface area contributed by atoms with Crippen molar-refractivity contribution in [2.45, 2.75) is 40.3 Å². The highest BCUT2D eigenvalue weighted by Crippen LogP contribution is 2.24. The predicted octanol–water partition coefficient (Wildman–Crippen LogP) is 5.15. The molecule has 0 atom stereocenters. The quantitative estimate of drug-likeness (QED) is 0.505. The molecule has 0 aliphatic heterocycles. The van der Waals surface area contributed by atoms with Crippen LogP contribution in [0.15, 0.2) is 48.5 Å². The minimum atomic E-state index is -0.879. The van der Waals surface area contributed by atoms with Crippen LogP contribution in [0.5, 0.6) is 0 Å². The zero-order chi connectivity index (χ0) is 21.0. The van der Waals surface area contributed by atoms with Crippen molar-refractivity contribution < 1.29 is 9.90 Å². The van der Waals surface area contributed by atoms with E-state index in [0.717, 1.165) is 46.1 Å². The Hall–Kier alpha value is -2.56. The highest BCUT2D eigenvalue weighted by Gasteiger charge is 2.22. The maximum Gasteiger partial charge on any atom is 0.337 e. The van der Waals surface area contributed by atoms with Crippen molar-refractivity contribution in [1.29, 1.82) is 0 Å². The molecule has 0 unspecified atom stereocenters. The summed E-state index contributed by atoms with van der Waals surface area (Å²) in [6.07, 6.45) is 0.796. The number of aryl methyl sites for hydroxylation is 1. The van der Waals surface area contributed by atoms with Crippen LogP contribution < -0.4 is 5.32 Å². The molecule has 3 aromatic rings. The van der Waals surface area contributed by atoms with Gasteiger partial charge in [0, 0.05) is 35.1 Å². The lowest BCUT2D eigenvalue weighted by atomic mass is 10.1. The molecule has 2 N–H and O–H groups in total. The Bertz CT molecular complexity index is 1010. The Labute approximate surface area is 177 Å². The summed E-state index contributed by atoms with van der Waals surface area (Å²) in [7, 11) is 0. The Morgan fingerprint density at radius 2 is 1.72 bits per heavy atom. The summed E-state index contributed by atoms with van der Waals surface area (Å²) in [5.74, 6) is -0.879. The first kappa shape index (κ1) is 21.2. The van der Waals surface area contributed by atoms with Crippen LogP contribution in [0.1, 0.15) is 44.0 Å². The Morgan fingerprint density at radius 3 is 2.38 bits per heavy atom. The fourth-order valence-corrected chi connectivity index (χ4v) is 3.93. The number of rotatable bonds is 8. The van der Waals surface area contributed by atoms with Crippen LogP contribution in [0.25, 0.3) is 0 Å². The smallest absolute Gasteiger partial charge is 0.337 e. The van der Waals surface area contributed by atoms with E-state index in [-0.39, 0.29) is 0 Å². The molecule has 0 aliphatic rings. The van der Waals surface area contributed by atoms with Gasteiger partial charge in [-0.2, -0.15) is 0 Å². The minimum absolute atomic E-state index is 0.403. The number of carbonyl (C=O) groups is 1. The van der Waals surface area contributed by atoms with Crippen molar-refractivity contribution in [2.24, 2.45) is 0 Å². The molecular weight excluding hydrogens is 384 g/mol. The number of nitrogens with zero attached hydrogens (tertiary/aromatic N) is 1. The largest absolute Gasteiger partial charge is 0.478 e. The van der Waals surface area contributed by atoms with Gasteiger partial charge in [0.1, 0.15) is 0 Å². The first-order valence-corrected chi connectivity index (χ1v) is 10.2. The molecule has 0 saturated carbocycles. The van der Waals surface area contributed by atoms with Crippen LogP contribution >= 0.6 is 11.6 Å². The maximum absolute atomic E-state index is 11.9. The van der Waals surface area contributed by atoms with Gasteiger partial charge in [-0.3, -0.25) is 0 Å². The average Bonchev–Trinajstić information content (AvgIpc) is 2.92. The number of hydrogen-bond acceptors (Lipinski definition) is 2. The normalized spacial score (nSPS) is 11.0. The van der Waals surface area contributed by atoms with Crippen LogP contribution in [-0.4, -0.2) is 22.2 Å². The molecule has 0 radical (unpaired) electrons. The Kier molecular flexibility index (Phi) is 6.78. The summed E-state index contributed by atoms with van der Waals surface area (Å²) < 4.78 is 2.10. The second kappa shape index (κ2) is 9.29. The van der Waals surface area contributed by atoms with E-state index in [1.807, 2.05) is 38.1 Å². The lowest BCUT2D eigenvalue weighted by molar-refractivity contribution is 0.0694. The molecule has 152 valence electrons. The van der Waals surface area contributed by atoms with Crippen molar-refractivity contribution in [3.05, 3.63) is 92.8 Å². The molecular formula is C24H27ClN2O2. The van der Waals surface area contributed by atoms with E-state index in [2.05, 4.69) is 41.1 Å². The average molecular weight is 411 g/mol. The van der Waals surface area contributed by atoms with Crippen LogP contribution in [0, 0.1) is 20.8 Å². The van der Waals surface area contributed by atoms with Gasteiger partial charge in [0.15, 0.2) is 0 Å². The van der Waals surface area contributed by atoms with Crippen LogP contribution in [-0.2, 0) is 19.5 Å². The molecule has 0 fully saturated rings. The van der Waals surface area contributed by atoms with Gasteiger partial charge in [-0.1, -0.05) is 59.6 Å². The summed E-state index contributed by atoms with van der Waals surface area (Å²) in [5, 5.41) is 14.0. The molecule has 0 bridgehead atoms. The molecule has 1 aromatic heterocycles. The lowest BCUT2D eigenvalue weighted by Crippen LogP contribution is -2.19. The minimum Gasteiger partial charge on any atom is -0.478 e. The third-order valence-electron chi connectivity index (χ3n) is 5.42. The summed E-state index contributed by atoms with van der Waals surface area (Å²) in [4.78, 5) is 11.9. The van der Waals surface area contributed by atoms with Crippen molar-refractivity contribution >= 4 is 17.6 Å². The molecule has 4 nitrogen and oxygen atoms in total. The monoisotopic (exact) mass is 410 g/mol. The summed E-state index contributed by atoms with van der Waals surface area (Å²) in [5.41, 5.74) is 6.49. The molecule has 0 saturated heterocycles. The summed E-state index contributed by atoms with van der Waals surface area (Å²) in [6.45, 7) is 7.85. The molecule has 1 heterocycles. The summed E-state index contributed by atoms with van der Waals surface area (Å²) in [6, 6.07) is 16.1. The van der Waals surface area contributed by atoms with Crippen molar-refractivity contribution in [2.75, 3.05) is 6.54 Å². The first-order chi connectivity index (χ1) is 13.9. The molecule has 2 aromatic carbocycles. The number of benzene rings is 2. The molecule has 0 spiro atoms. The standard InChI is InChI=1S/C24H27ClN2O2/c1-16-8-10-19(11-9-16)15-27-17(2)21(23(18(27)3)24(28)29)14-26-13-12-20-6-4-5-7-22(20)25/h4-11,26H,12-15H2,1-3H3,(H,28,29). The SMILES string of the molecule is Cc1ccc(Cn2c(C)c(CNCCc3ccccc3Cl)c(C(=O)O)c2C)cc1. The topological polar surface area (TPSA) is 54.3 Å². The number of aromatic carboxylic acids is 1. The van der Waals surface area contributed by atoms with Gasteiger partial charge >= 0.3 is 5.97 Å². The number of nitrogens with one attached hydrogen (secondary N) is 1. The highest BCUT2D eigenvalue weighted by atomic mass is 35.5. The van der Waals surface area contributed by atoms with Gasteiger partial charge in [0.25, 0.3) is 0 Å². The second-order valence-corrected chi connectivity index (χ2v) is 7.83. The van der Waals surface area contributed by atoms with E-state index in [4.69, 9.17) is 11.6 Å². The third kappa shape index (κ3) is 4.89. The van der Waals surface area contributed by atoms with Gasteiger partial charge in [-0.25, -0.2) is 4.79 Å². The molecule has 0 amide bonds. The van der Waals surface area contributed by atoms with Gasteiger partial charge in [0.05, 0.1) is 5.56 Å². The molecule has 5 heteroatoms. The second-order valence-electron chi connectivity index (χ2n) is 7.42. The molecule has 29 heavy (non-hydrogen) atoms. The number of hydrogen-bond donors (Lipinski definition) is 2. The van der Waals surface area contributed by atoms with E-state index in [1.165, 1.54) is 5.56 Å². The van der Waals surface area contributed by atoms with Crippen molar-refractivity contribution in [3.63, 3.8) is 0 Å². The lowest BCUT2D eigenvalue weighted by Gasteiger charge is -2.11. The fourth-order valence-electron chi connectivity index (χ4n) is 3.70. The zero-order valence-electron chi connectivity index (χ0n) is 17.1. The van der Waals surface area contributed by atoms with E-state index >= 15 is 0 Å². The van der Waals surface area contributed by atoms with Crippen molar-refractivity contribution in [3.8, 4) is 0 Å². The third-order valence-corrected chi connectivity index (χ3v) is 5.78. The maximum atomic E-state index is 11.9. The predicted molar refractivity (Wildman–Crippen MR) is 118 cm³/mol. The molecule has 0 aliphatic carbocycles. The first-order valence-electron chi connectivity index (χ1n) is 9.80. The van der Waals surface area contributed by atoms with Crippen molar-refractivity contribution in [1.82, 2.24) is 9.88 Å². The van der Waals surface area contributed by atoms with E-state index in [0.29, 0.717) is 18.7 Å². The van der Waals surface area contributed by atoms with Gasteiger partial charge in [0.2, 0.25) is 0 Å². The summed E-state index contributed by atoms with van der Waals surface area (Å²) >= 11 is 6.21. The van der Waals surface area contributed by atoms with Gasteiger partial charge < -0.3 is 15.0 Å². The van der Waals surface area contributed by atoms with E-state index in [9.17, 15) is 9.90 Å². The Balaban J connectivity index is 1.76. The fraction of sp³-hybridized carbons (Fsp3) is 0.292.